The Labute approximate surface area is 161 Å². The number of rotatable bonds is 10. The number of ether oxygens (including phenoxy) is 1. The first-order valence-electron chi connectivity index (χ1n) is 9.21. The predicted octanol–water partition coefficient (Wildman–Crippen LogP) is 3.44. The van der Waals surface area contributed by atoms with Gasteiger partial charge in [-0.2, -0.15) is 0 Å². The number of nitrogens with zero attached hydrogens (tertiary/aromatic N) is 1. The molecule has 0 fully saturated rings. The van der Waals surface area contributed by atoms with Crippen LogP contribution in [0.2, 0.25) is 0 Å². The fourth-order valence-electron chi connectivity index (χ4n) is 2.73. The van der Waals surface area contributed by atoms with Crippen LogP contribution in [0.1, 0.15) is 24.5 Å². The van der Waals surface area contributed by atoms with Crippen molar-refractivity contribution >= 4 is 12.0 Å². The smallest absolute Gasteiger partial charge is 0.243 e. The van der Waals surface area contributed by atoms with Crippen LogP contribution in [0, 0.1) is 0 Å². The summed E-state index contributed by atoms with van der Waals surface area (Å²) in [4.78, 5) is 14.3. The van der Waals surface area contributed by atoms with Crippen molar-refractivity contribution in [1.29, 1.82) is 0 Å². The van der Waals surface area contributed by atoms with E-state index in [2.05, 4.69) is 41.4 Å². The maximum Gasteiger partial charge on any atom is 0.243 e. The van der Waals surface area contributed by atoms with Gasteiger partial charge in [-0.3, -0.25) is 9.69 Å². The Kier molecular flexibility index (Phi) is 8.39. The summed E-state index contributed by atoms with van der Waals surface area (Å²) in [6.45, 7) is 5.62. The lowest BCUT2D eigenvalue weighted by Gasteiger charge is -2.20. The third-order valence-corrected chi connectivity index (χ3v) is 4.28. The highest BCUT2D eigenvalue weighted by Crippen LogP contribution is 2.26. The van der Waals surface area contributed by atoms with Gasteiger partial charge < -0.3 is 15.2 Å². The van der Waals surface area contributed by atoms with Gasteiger partial charge in [0, 0.05) is 25.7 Å². The summed E-state index contributed by atoms with van der Waals surface area (Å²) in [6, 6.07) is 15.4. The zero-order valence-electron chi connectivity index (χ0n) is 16.0. The van der Waals surface area contributed by atoms with Gasteiger partial charge in [-0.1, -0.05) is 43.3 Å². The van der Waals surface area contributed by atoms with Crippen molar-refractivity contribution in [2.45, 2.75) is 19.9 Å². The number of carbonyl (C=O) groups excluding carboxylic acids is 1. The second-order valence-corrected chi connectivity index (χ2v) is 6.26. The minimum absolute atomic E-state index is 0.0788. The number of aromatic hydroxyl groups is 1. The Morgan fingerprint density at radius 1 is 1.22 bits per heavy atom. The molecule has 1 amide bonds. The Bertz CT molecular complexity index is 744. The maximum atomic E-state index is 12.0. The Morgan fingerprint density at radius 2 is 2.00 bits per heavy atom. The lowest BCUT2D eigenvalue weighted by Crippen LogP contribution is -2.29. The average Bonchev–Trinajstić information content (AvgIpc) is 2.70. The number of hydrogen-bond acceptors (Lipinski definition) is 4. The summed E-state index contributed by atoms with van der Waals surface area (Å²) in [5.74, 6) is 0.332. The molecule has 144 valence electrons. The van der Waals surface area contributed by atoms with Crippen LogP contribution in [0.4, 0.5) is 0 Å². The molecule has 2 N–H and O–H groups in total. The number of carbonyl (C=O) groups is 1. The van der Waals surface area contributed by atoms with E-state index in [0.29, 0.717) is 12.3 Å². The summed E-state index contributed by atoms with van der Waals surface area (Å²) in [5, 5.41) is 12.5. The van der Waals surface area contributed by atoms with Crippen LogP contribution in [0.3, 0.4) is 0 Å². The van der Waals surface area contributed by atoms with E-state index in [0.717, 1.165) is 31.6 Å². The van der Waals surface area contributed by atoms with Crippen molar-refractivity contribution in [3.8, 4) is 11.5 Å². The first kappa shape index (κ1) is 20.5. The van der Waals surface area contributed by atoms with Crippen LogP contribution in [0.15, 0.2) is 54.6 Å². The van der Waals surface area contributed by atoms with Crippen molar-refractivity contribution < 1.29 is 14.6 Å². The third-order valence-electron chi connectivity index (χ3n) is 4.28. The van der Waals surface area contributed by atoms with Gasteiger partial charge in [-0.25, -0.2) is 0 Å². The van der Waals surface area contributed by atoms with E-state index >= 15 is 0 Å². The summed E-state index contributed by atoms with van der Waals surface area (Å²) >= 11 is 0. The van der Waals surface area contributed by atoms with Crippen molar-refractivity contribution in [2.75, 3.05) is 26.7 Å². The topological polar surface area (TPSA) is 61.8 Å². The molecule has 27 heavy (non-hydrogen) atoms. The SMILES string of the molecule is CCN(CCCNC(=O)/C=C/c1ccc(O)c(OC)c1)Cc1ccccc1. The molecule has 0 unspecified atom stereocenters. The van der Waals surface area contributed by atoms with E-state index in [4.69, 9.17) is 4.74 Å². The van der Waals surface area contributed by atoms with Crippen molar-refractivity contribution in [3.63, 3.8) is 0 Å². The van der Waals surface area contributed by atoms with Gasteiger partial charge in [0.2, 0.25) is 5.91 Å². The fourth-order valence-corrected chi connectivity index (χ4v) is 2.73. The summed E-state index contributed by atoms with van der Waals surface area (Å²) < 4.78 is 5.06. The van der Waals surface area contributed by atoms with E-state index in [1.807, 2.05) is 6.07 Å². The number of methoxy groups -OCH3 is 1. The number of hydrogen-bond donors (Lipinski definition) is 2. The van der Waals surface area contributed by atoms with Crippen LogP contribution >= 0.6 is 0 Å². The summed E-state index contributed by atoms with van der Waals surface area (Å²) in [6.07, 6.45) is 4.09. The molecule has 5 nitrogen and oxygen atoms in total. The highest BCUT2D eigenvalue weighted by atomic mass is 16.5. The lowest BCUT2D eigenvalue weighted by molar-refractivity contribution is -0.116. The van der Waals surface area contributed by atoms with Crippen molar-refractivity contribution in [1.82, 2.24) is 10.2 Å². The van der Waals surface area contributed by atoms with Crippen LogP contribution in [0.25, 0.3) is 6.08 Å². The van der Waals surface area contributed by atoms with E-state index < -0.39 is 0 Å². The average molecular weight is 368 g/mol. The zero-order valence-corrected chi connectivity index (χ0v) is 16.0. The molecular weight excluding hydrogens is 340 g/mol. The molecule has 0 aliphatic heterocycles. The van der Waals surface area contributed by atoms with Crippen LogP contribution in [-0.2, 0) is 11.3 Å². The van der Waals surface area contributed by atoms with Crippen molar-refractivity contribution in [3.05, 3.63) is 65.7 Å². The summed E-state index contributed by atoms with van der Waals surface area (Å²) in [5.41, 5.74) is 2.09. The van der Waals surface area contributed by atoms with Gasteiger partial charge in [-0.05, 0) is 42.3 Å². The molecule has 2 rings (SSSR count). The van der Waals surface area contributed by atoms with Gasteiger partial charge in [-0.15, -0.1) is 0 Å². The van der Waals surface area contributed by atoms with Gasteiger partial charge in [0.15, 0.2) is 11.5 Å². The number of phenolic OH excluding ortho intramolecular Hbond substituents is 1. The number of nitrogens with one attached hydrogen (secondary N) is 1. The second kappa shape index (κ2) is 11.0. The molecule has 2 aromatic carbocycles. The minimum atomic E-state index is -0.131. The monoisotopic (exact) mass is 368 g/mol. The highest BCUT2D eigenvalue weighted by Gasteiger charge is 2.04. The van der Waals surface area contributed by atoms with Gasteiger partial charge in [0.1, 0.15) is 0 Å². The predicted molar refractivity (Wildman–Crippen MR) is 109 cm³/mol. The molecule has 0 bridgehead atoms. The normalized spacial score (nSPS) is 11.1. The quantitative estimate of drug-likeness (QED) is 0.498. The van der Waals surface area contributed by atoms with Gasteiger partial charge in [0.25, 0.3) is 0 Å². The molecule has 0 radical (unpaired) electrons. The van der Waals surface area contributed by atoms with E-state index in [9.17, 15) is 9.90 Å². The number of amides is 1. The van der Waals surface area contributed by atoms with Crippen LogP contribution in [-0.4, -0.2) is 42.7 Å². The first-order valence-corrected chi connectivity index (χ1v) is 9.21. The molecule has 0 aliphatic carbocycles. The number of benzene rings is 2. The minimum Gasteiger partial charge on any atom is -0.504 e. The van der Waals surface area contributed by atoms with Crippen LogP contribution < -0.4 is 10.1 Å². The zero-order chi connectivity index (χ0) is 19.5. The molecule has 2 aromatic rings. The Hall–Kier alpha value is -2.79. The molecular formula is C22H28N2O3. The Morgan fingerprint density at radius 3 is 2.70 bits per heavy atom. The van der Waals surface area contributed by atoms with E-state index in [1.54, 1.807) is 24.3 Å². The standard InChI is InChI=1S/C22H28N2O3/c1-3-24(17-19-8-5-4-6-9-19)15-7-14-23-22(26)13-11-18-10-12-20(25)21(16-18)27-2/h4-6,8-13,16,25H,3,7,14-15,17H2,1-2H3,(H,23,26)/b13-11+. The van der Waals surface area contributed by atoms with Gasteiger partial charge >= 0.3 is 0 Å². The molecule has 0 heterocycles. The second-order valence-electron chi connectivity index (χ2n) is 6.26. The molecule has 0 atom stereocenters. The first-order chi connectivity index (χ1) is 13.1. The van der Waals surface area contributed by atoms with E-state index in [-0.39, 0.29) is 11.7 Å². The molecule has 0 aromatic heterocycles. The molecule has 5 heteroatoms. The van der Waals surface area contributed by atoms with Crippen LogP contribution in [0.5, 0.6) is 11.5 Å². The maximum absolute atomic E-state index is 12.0. The lowest BCUT2D eigenvalue weighted by atomic mass is 10.2. The van der Waals surface area contributed by atoms with Gasteiger partial charge in [0.05, 0.1) is 7.11 Å². The van der Waals surface area contributed by atoms with Crippen molar-refractivity contribution in [2.24, 2.45) is 0 Å². The number of phenols is 1. The highest BCUT2D eigenvalue weighted by molar-refractivity contribution is 5.91. The molecule has 0 spiro atoms. The van der Waals surface area contributed by atoms with E-state index in [1.165, 1.54) is 18.7 Å². The Balaban J connectivity index is 1.72. The third kappa shape index (κ3) is 7.15. The molecule has 0 saturated carbocycles. The fraction of sp³-hybridized carbons (Fsp3) is 0.318. The largest absolute Gasteiger partial charge is 0.504 e. The summed E-state index contributed by atoms with van der Waals surface area (Å²) in [7, 11) is 1.49. The molecule has 0 saturated heterocycles. The molecule has 0 aliphatic rings.